The Labute approximate surface area is 193 Å². The normalized spacial score (nSPS) is 20.6. The van der Waals surface area contributed by atoms with E-state index in [1.165, 1.54) is 7.11 Å². The van der Waals surface area contributed by atoms with Crippen LogP contribution in [0.15, 0.2) is 36.4 Å². The Hall–Kier alpha value is -2.68. The number of hydrogen-bond acceptors (Lipinski definition) is 6. The molecular weight excluding hydrogens is 429 g/mol. The molecule has 2 aliphatic rings. The number of hydrogen-bond donors (Lipinski definition) is 0. The quantitative estimate of drug-likeness (QED) is 0.421. The van der Waals surface area contributed by atoms with Gasteiger partial charge in [0, 0.05) is 13.7 Å². The molecule has 0 spiro atoms. The fourth-order valence-electron chi connectivity index (χ4n) is 4.21. The third-order valence-corrected chi connectivity index (χ3v) is 5.85. The lowest BCUT2D eigenvalue weighted by Gasteiger charge is -2.23. The summed E-state index contributed by atoms with van der Waals surface area (Å²) < 4.78 is 43.2. The SMILES string of the molecule is COCOCC(C)Oc1c(F)c(C)cc2c1C(=O)N1C[C@@H](OCc3ccccc3)C[C@@H]1CO2. The van der Waals surface area contributed by atoms with Crippen LogP contribution in [0.3, 0.4) is 0 Å². The van der Waals surface area contributed by atoms with Gasteiger partial charge in [0.25, 0.3) is 5.91 Å². The Morgan fingerprint density at radius 3 is 2.82 bits per heavy atom. The van der Waals surface area contributed by atoms with Crippen molar-refractivity contribution in [3.05, 3.63) is 58.9 Å². The molecule has 0 aliphatic carbocycles. The first-order chi connectivity index (χ1) is 16.0. The molecule has 0 saturated carbocycles. The van der Waals surface area contributed by atoms with E-state index in [1.807, 2.05) is 30.3 Å². The number of carbonyl (C=O) groups excluding carboxylic acids is 1. The Bertz CT molecular complexity index is 969. The Morgan fingerprint density at radius 1 is 1.27 bits per heavy atom. The minimum atomic E-state index is -0.571. The molecule has 33 heavy (non-hydrogen) atoms. The minimum absolute atomic E-state index is 0.0992. The Kier molecular flexibility index (Phi) is 7.47. The number of benzene rings is 2. The van der Waals surface area contributed by atoms with E-state index in [1.54, 1.807) is 24.8 Å². The van der Waals surface area contributed by atoms with Crippen molar-refractivity contribution in [3.8, 4) is 11.5 Å². The average molecular weight is 460 g/mol. The van der Waals surface area contributed by atoms with E-state index in [-0.39, 0.29) is 42.8 Å². The van der Waals surface area contributed by atoms with Crippen LogP contribution < -0.4 is 9.47 Å². The highest BCUT2D eigenvalue weighted by Gasteiger charge is 2.42. The molecule has 7 nitrogen and oxygen atoms in total. The van der Waals surface area contributed by atoms with E-state index < -0.39 is 11.9 Å². The second kappa shape index (κ2) is 10.5. The fourth-order valence-corrected chi connectivity index (χ4v) is 4.21. The standard InChI is InChI=1S/C25H30FNO6/c1-16-9-21-22(24(23(16)26)33-17(2)12-30-15-29-3)25(28)27-11-20(10-19(27)14-32-21)31-13-18-7-5-4-6-8-18/h4-9,17,19-20H,10-15H2,1-3H3/t17?,19-,20+/m1/s1. The smallest absolute Gasteiger partial charge is 0.261 e. The van der Waals surface area contributed by atoms with Crippen LogP contribution >= 0.6 is 0 Å². The van der Waals surface area contributed by atoms with Crippen molar-refractivity contribution in [2.24, 2.45) is 0 Å². The molecular formula is C25H30FNO6. The number of carbonyl (C=O) groups is 1. The van der Waals surface area contributed by atoms with Gasteiger partial charge in [-0.15, -0.1) is 0 Å². The molecule has 2 aromatic carbocycles. The molecule has 1 amide bonds. The number of aryl methyl sites for hydroxylation is 1. The predicted molar refractivity (Wildman–Crippen MR) is 119 cm³/mol. The number of halogens is 1. The van der Waals surface area contributed by atoms with Crippen LogP contribution in [-0.2, 0) is 20.8 Å². The Balaban J connectivity index is 1.52. The highest BCUT2D eigenvalue weighted by atomic mass is 19.1. The summed E-state index contributed by atoms with van der Waals surface area (Å²) in [5, 5.41) is 0. The van der Waals surface area contributed by atoms with E-state index in [0.29, 0.717) is 37.5 Å². The molecule has 2 heterocycles. The van der Waals surface area contributed by atoms with Crippen LogP contribution in [0.2, 0.25) is 0 Å². The maximum atomic E-state index is 15.1. The number of ether oxygens (including phenoxy) is 5. The zero-order valence-corrected chi connectivity index (χ0v) is 19.2. The van der Waals surface area contributed by atoms with E-state index in [4.69, 9.17) is 23.7 Å². The van der Waals surface area contributed by atoms with E-state index in [0.717, 1.165) is 5.56 Å². The van der Waals surface area contributed by atoms with Gasteiger partial charge in [0.15, 0.2) is 11.6 Å². The van der Waals surface area contributed by atoms with E-state index in [9.17, 15) is 4.79 Å². The third-order valence-electron chi connectivity index (χ3n) is 5.85. The molecule has 0 bridgehead atoms. The first kappa shape index (κ1) is 23.5. The van der Waals surface area contributed by atoms with Crippen LogP contribution in [-0.4, -0.2) is 62.7 Å². The fraction of sp³-hybridized carbons (Fsp3) is 0.480. The number of methoxy groups -OCH3 is 1. The van der Waals surface area contributed by atoms with Crippen molar-refractivity contribution in [2.45, 2.75) is 45.1 Å². The molecule has 8 heteroatoms. The summed E-state index contributed by atoms with van der Waals surface area (Å²) in [5.74, 6) is -0.635. The maximum absolute atomic E-state index is 15.1. The van der Waals surface area contributed by atoms with Gasteiger partial charge in [-0.2, -0.15) is 0 Å². The summed E-state index contributed by atoms with van der Waals surface area (Å²) in [4.78, 5) is 15.3. The Morgan fingerprint density at radius 2 is 2.06 bits per heavy atom. The van der Waals surface area contributed by atoms with E-state index in [2.05, 4.69) is 0 Å². The molecule has 0 radical (unpaired) electrons. The summed E-state index contributed by atoms with van der Waals surface area (Å²) >= 11 is 0. The van der Waals surface area contributed by atoms with Crippen molar-refractivity contribution >= 4 is 5.91 Å². The topological polar surface area (TPSA) is 66.5 Å². The highest BCUT2D eigenvalue weighted by Crippen LogP contribution is 2.39. The molecule has 4 rings (SSSR count). The van der Waals surface area contributed by atoms with E-state index >= 15 is 4.39 Å². The summed E-state index contributed by atoms with van der Waals surface area (Å²) in [6.07, 6.45) is 0.0455. The van der Waals surface area contributed by atoms with Crippen LogP contribution in [0.4, 0.5) is 4.39 Å². The molecule has 2 aliphatic heterocycles. The molecule has 0 aromatic heterocycles. The lowest BCUT2D eigenvalue weighted by Crippen LogP contribution is -2.37. The third kappa shape index (κ3) is 5.29. The zero-order chi connectivity index (χ0) is 23.4. The van der Waals surface area contributed by atoms with Gasteiger partial charge in [-0.25, -0.2) is 4.39 Å². The van der Waals surface area contributed by atoms with Gasteiger partial charge >= 0.3 is 0 Å². The summed E-state index contributed by atoms with van der Waals surface area (Å²) in [6.45, 7) is 4.87. The van der Waals surface area contributed by atoms with Crippen molar-refractivity contribution in [2.75, 3.05) is 33.7 Å². The summed E-state index contributed by atoms with van der Waals surface area (Å²) in [5.41, 5.74) is 1.54. The molecule has 1 fully saturated rings. The molecule has 1 unspecified atom stereocenters. The largest absolute Gasteiger partial charge is 0.490 e. The monoisotopic (exact) mass is 459 g/mol. The van der Waals surface area contributed by atoms with Crippen LogP contribution in [0.1, 0.15) is 34.8 Å². The van der Waals surface area contributed by atoms with Gasteiger partial charge in [-0.3, -0.25) is 4.79 Å². The van der Waals surface area contributed by atoms with Crippen LogP contribution in [0.25, 0.3) is 0 Å². The zero-order valence-electron chi connectivity index (χ0n) is 19.2. The number of nitrogens with zero attached hydrogens (tertiary/aromatic N) is 1. The minimum Gasteiger partial charge on any atom is -0.490 e. The van der Waals surface area contributed by atoms with Crippen molar-refractivity contribution in [1.82, 2.24) is 4.90 Å². The van der Waals surface area contributed by atoms with Gasteiger partial charge in [0.05, 0.1) is 25.4 Å². The molecule has 0 N–H and O–H groups in total. The second-order valence-corrected chi connectivity index (χ2v) is 8.49. The van der Waals surface area contributed by atoms with Gasteiger partial charge in [0.1, 0.15) is 30.8 Å². The number of amides is 1. The van der Waals surface area contributed by atoms with Gasteiger partial charge in [0.2, 0.25) is 0 Å². The van der Waals surface area contributed by atoms with Crippen LogP contribution in [0.5, 0.6) is 11.5 Å². The average Bonchev–Trinajstić information content (AvgIpc) is 3.18. The lowest BCUT2D eigenvalue weighted by atomic mass is 10.1. The second-order valence-electron chi connectivity index (χ2n) is 8.49. The highest BCUT2D eigenvalue weighted by molar-refractivity contribution is 6.00. The maximum Gasteiger partial charge on any atom is 0.261 e. The number of rotatable bonds is 9. The van der Waals surface area contributed by atoms with Crippen molar-refractivity contribution in [3.63, 3.8) is 0 Å². The lowest BCUT2D eigenvalue weighted by molar-refractivity contribution is -0.0538. The van der Waals surface area contributed by atoms with Crippen molar-refractivity contribution < 1.29 is 32.9 Å². The van der Waals surface area contributed by atoms with Gasteiger partial charge in [-0.05, 0) is 37.5 Å². The van der Waals surface area contributed by atoms with Gasteiger partial charge < -0.3 is 28.6 Å². The first-order valence-corrected chi connectivity index (χ1v) is 11.1. The molecule has 3 atom stereocenters. The molecule has 1 saturated heterocycles. The summed E-state index contributed by atoms with van der Waals surface area (Å²) in [7, 11) is 1.52. The first-order valence-electron chi connectivity index (χ1n) is 11.1. The van der Waals surface area contributed by atoms with Gasteiger partial charge in [-0.1, -0.05) is 30.3 Å². The summed E-state index contributed by atoms with van der Waals surface area (Å²) in [6, 6.07) is 11.3. The number of fused-ring (bicyclic) bond motifs is 2. The van der Waals surface area contributed by atoms with Crippen LogP contribution in [0, 0.1) is 12.7 Å². The molecule has 178 valence electrons. The molecule has 2 aromatic rings. The van der Waals surface area contributed by atoms with Crippen molar-refractivity contribution in [1.29, 1.82) is 0 Å². The predicted octanol–water partition coefficient (Wildman–Crippen LogP) is 3.71.